The van der Waals surface area contributed by atoms with Crippen molar-refractivity contribution in [3.63, 3.8) is 0 Å². The van der Waals surface area contributed by atoms with E-state index >= 15 is 0 Å². The van der Waals surface area contributed by atoms with Crippen LogP contribution in [0, 0.1) is 12.8 Å². The number of anilines is 1. The fraction of sp³-hybridized carbons (Fsp3) is 0.389. The number of piperidine rings is 1. The van der Waals surface area contributed by atoms with E-state index in [2.05, 4.69) is 58.1 Å². The van der Waals surface area contributed by atoms with E-state index in [1.807, 2.05) is 0 Å². The molecule has 0 N–H and O–H groups in total. The average Bonchev–Trinajstić information content (AvgIpc) is 3.00. The van der Waals surface area contributed by atoms with Crippen LogP contribution in [0.5, 0.6) is 0 Å². The van der Waals surface area contributed by atoms with Gasteiger partial charge in [-0.2, -0.15) is 4.98 Å². The van der Waals surface area contributed by atoms with Crippen molar-refractivity contribution in [2.75, 3.05) is 18.0 Å². The lowest BCUT2D eigenvalue weighted by Crippen LogP contribution is -2.33. The Hall–Kier alpha value is -2.43. The van der Waals surface area contributed by atoms with Crippen LogP contribution in [0.3, 0.4) is 0 Å². The molecule has 0 saturated carbocycles. The number of aryl methyl sites for hydroxylation is 1. The number of rotatable bonds is 2. The van der Waals surface area contributed by atoms with Crippen LogP contribution in [0.4, 0.5) is 5.82 Å². The van der Waals surface area contributed by atoms with Crippen molar-refractivity contribution in [3.8, 4) is 11.3 Å². The number of fused-ring (bicyclic) bond motifs is 1. The van der Waals surface area contributed by atoms with E-state index in [-0.39, 0.29) is 0 Å². The van der Waals surface area contributed by atoms with Gasteiger partial charge in [0.1, 0.15) is 23.2 Å². The third-order valence-electron chi connectivity index (χ3n) is 4.66. The van der Waals surface area contributed by atoms with Crippen LogP contribution in [0.1, 0.15) is 25.3 Å². The highest BCUT2D eigenvalue weighted by Crippen LogP contribution is 2.34. The third-order valence-corrected chi connectivity index (χ3v) is 4.66. The minimum atomic E-state index is 0.559. The third kappa shape index (κ3) is 2.56. The van der Waals surface area contributed by atoms with E-state index in [4.69, 9.17) is 4.52 Å². The van der Waals surface area contributed by atoms with Crippen LogP contribution in [-0.2, 0) is 0 Å². The largest absolute Gasteiger partial charge is 0.356 e. The minimum Gasteiger partial charge on any atom is -0.356 e. The number of aromatic nitrogens is 3. The second-order valence-electron chi connectivity index (χ2n) is 6.44. The van der Waals surface area contributed by atoms with Gasteiger partial charge in [-0.05, 0) is 25.7 Å². The maximum Gasteiger partial charge on any atom is 0.263 e. The predicted molar refractivity (Wildman–Crippen MR) is 90.4 cm³/mol. The zero-order chi connectivity index (χ0) is 15.8. The maximum atomic E-state index is 5.46. The molecule has 1 fully saturated rings. The van der Waals surface area contributed by atoms with E-state index in [1.165, 1.54) is 18.4 Å². The molecule has 2 aromatic heterocycles. The van der Waals surface area contributed by atoms with Crippen LogP contribution < -0.4 is 4.90 Å². The zero-order valence-corrected chi connectivity index (χ0v) is 13.5. The fourth-order valence-electron chi connectivity index (χ4n) is 3.14. The first-order valence-corrected chi connectivity index (χ1v) is 8.15. The Kier molecular flexibility index (Phi) is 3.48. The van der Waals surface area contributed by atoms with Gasteiger partial charge in [0, 0.05) is 18.7 Å². The van der Waals surface area contributed by atoms with Gasteiger partial charge in [0.05, 0.1) is 0 Å². The molecule has 1 aliphatic rings. The van der Waals surface area contributed by atoms with Crippen molar-refractivity contribution in [1.82, 2.24) is 15.1 Å². The SMILES string of the molecule is Cc1ccc(-c2noc3ncnc(N4CCC(C)CC4)c23)cc1. The summed E-state index contributed by atoms with van der Waals surface area (Å²) in [4.78, 5) is 11.1. The molecule has 0 aliphatic carbocycles. The lowest BCUT2D eigenvalue weighted by atomic mass is 9.99. The summed E-state index contributed by atoms with van der Waals surface area (Å²) in [6.07, 6.45) is 3.95. The molecule has 1 aliphatic heterocycles. The van der Waals surface area contributed by atoms with Crippen molar-refractivity contribution >= 4 is 16.9 Å². The molecule has 23 heavy (non-hydrogen) atoms. The fourth-order valence-corrected chi connectivity index (χ4v) is 3.14. The summed E-state index contributed by atoms with van der Waals surface area (Å²) in [5.41, 5.74) is 3.65. The van der Waals surface area contributed by atoms with Gasteiger partial charge in [0.2, 0.25) is 0 Å². The summed E-state index contributed by atoms with van der Waals surface area (Å²) in [6.45, 7) is 6.43. The van der Waals surface area contributed by atoms with Crippen molar-refractivity contribution < 1.29 is 4.52 Å². The molecule has 0 radical (unpaired) electrons. The summed E-state index contributed by atoms with van der Waals surface area (Å²) in [5.74, 6) is 1.72. The summed E-state index contributed by atoms with van der Waals surface area (Å²) in [5, 5.41) is 5.18. The normalized spacial score (nSPS) is 16.2. The van der Waals surface area contributed by atoms with Crippen molar-refractivity contribution in [3.05, 3.63) is 36.2 Å². The molecule has 0 spiro atoms. The van der Waals surface area contributed by atoms with E-state index < -0.39 is 0 Å². The van der Waals surface area contributed by atoms with Crippen molar-refractivity contribution in [2.45, 2.75) is 26.7 Å². The van der Waals surface area contributed by atoms with Gasteiger partial charge < -0.3 is 9.42 Å². The minimum absolute atomic E-state index is 0.559. The molecule has 0 bridgehead atoms. The van der Waals surface area contributed by atoms with E-state index in [0.717, 1.165) is 41.5 Å². The van der Waals surface area contributed by atoms with Crippen LogP contribution in [0.2, 0.25) is 0 Å². The Balaban J connectivity index is 1.82. The van der Waals surface area contributed by atoms with Crippen LogP contribution in [0.15, 0.2) is 35.1 Å². The smallest absolute Gasteiger partial charge is 0.263 e. The Labute approximate surface area is 135 Å². The van der Waals surface area contributed by atoms with Crippen molar-refractivity contribution in [1.29, 1.82) is 0 Å². The zero-order valence-electron chi connectivity index (χ0n) is 13.5. The monoisotopic (exact) mass is 308 g/mol. The first-order chi connectivity index (χ1) is 11.2. The molecule has 0 unspecified atom stereocenters. The lowest BCUT2D eigenvalue weighted by Gasteiger charge is -2.31. The second kappa shape index (κ2) is 5.65. The van der Waals surface area contributed by atoms with Crippen LogP contribution in [-0.4, -0.2) is 28.2 Å². The molecular weight excluding hydrogens is 288 g/mol. The Morgan fingerprint density at radius 2 is 1.83 bits per heavy atom. The molecule has 0 atom stereocenters. The quantitative estimate of drug-likeness (QED) is 0.720. The van der Waals surface area contributed by atoms with Gasteiger partial charge in [-0.25, -0.2) is 4.98 Å². The summed E-state index contributed by atoms with van der Waals surface area (Å²) in [6, 6.07) is 8.31. The first kappa shape index (κ1) is 14.2. The molecule has 118 valence electrons. The van der Waals surface area contributed by atoms with Gasteiger partial charge in [0.25, 0.3) is 5.71 Å². The number of hydrogen-bond donors (Lipinski definition) is 0. The van der Waals surface area contributed by atoms with Gasteiger partial charge in [-0.3, -0.25) is 0 Å². The molecule has 0 amide bonds. The average molecular weight is 308 g/mol. The van der Waals surface area contributed by atoms with Gasteiger partial charge in [0.15, 0.2) is 0 Å². The van der Waals surface area contributed by atoms with E-state index in [0.29, 0.717) is 5.71 Å². The Morgan fingerprint density at radius 1 is 1.09 bits per heavy atom. The molecular formula is C18H20N4O. The predicted octanol–water partition coefficient (Wildman–Crippen LogP) is 3.83. The van der Waals surface area contributed by atoms with Gasteiger partial charge in [-0.1, -0.05) is 41.9 Å². The molecule has 3 heterocycles. The standard InChI is InChI=1S/C18H20N4O/c1-12-3-5-14(6-4-12)16-15-17(19-11-20-18(15)23-21-16)22-9-7-13(2)8-10-22/h3-6,11,13H,7-10H2,1-2H3. The number of nitrogens with zero attached hydrogens (tertiary/aromatic N) is 4. The Morgan fingerprint density at radius 3 is 2.57 bits per heavy atom. The highest BCUT2D eigenvalue weighted by molar-refractivity contribution is 5.97. The molecule has 5 heteroatoms. The number of hydrogen-bond acceptors (Lipinski definition) is 5. The lowest BCUT2D eigenvalue weighted by molar-refractivity contribution is 0.436. The molecule has 3 aromatic rings. The van der Waals surface area contributed by atoms with Gasteiger partial charge in [-0.15, -0.1) is 0 Å². The molecule has 1 aromatic carbocycles. The highest BCUT2D eigenvalue weighted by Gasteiger charge is 2.23. The van der Waals surface area contributed by atoms with Crippen LogP contribution in [0.25, 0.3) is 22.4 Å². The topological polar surface area (TPSA) is 55.1 Å². The Bertz CT molecular complexity index is 817. The van der Waals surface area contributed by atoms with Crippen LogP contribution >= 0.6 is 0 Å². The maximum absolute atomic E-state index is 5.46. The molecule has 4 rings (SSSR count). The first-order valence-electron chi connectivity index (χ1n) is 8.15. The van der Waals surface area contributed by atoms with E-state index in [1.54, 1.807) is 6.33 Å². The number of benzene rings is 1. The summed E-state index contributed by atoms with van der Waals surface area (Å²) < 4.78 is 5.46. The molecule has 1 saturated heterocycles. The molecule has 5 nitrogen and oxygen atoms in total. The summed E-state index contributed by atoms with van der Waals surface area (Å²) in [7, 11) is 0. The van der Waals surface area contributed by atoms with Crippen molar-refractivity contribution in [2.24, 2.45) is 5.92 Å². The summed E-state index contributed by atoms with van der Waals surface area (Å²) >= 11 is 0. The second-order valence-corrected chi connectivity index (χ2v) is 6.44. The van der Waals surface area contributed by atoms with Gasteiger partial charge >= 0.3 is 0 Å². The van der Waals surface area contributed by atoms with E-state index in [9.17, 15) is 0 Å². The highest BCUT2D eigenvalue weighted by atomic mass is 16.5.